The van der Waals surface area contributed by atoms with E-state index >= 15 is 0 Å². The van der Waals surface area contributed by atoms with Crippen LogP contribution in [0.4, 0.5) is 0 Å². The first kappa shape index (κ1) is 24.0. The van der Waals surface area contributed by atoms with E-state index in [0.29, 0.717) is 18.4 Å². The molecule has 36 heavy (non-hydrogen) atoms. The Kier molecular flexibility index (Phi) is 7.26. The van der Waals surface area contributed by atoms with E-state index in [1.54, 1.807) is 6.92 Å². The van der Waals surface area contributed by atoms with Crippen LogP contribution in [0.25, 0.3) is 11.3 Å². The lowest BCUT2D eigenvalue weighted by molar-refractivity contribution is 0.0820. The van der Waals surface area contributed by atoms with E-state index in [4.69, 9.17) is 9.26 Å². The van der Waals surface area contributed by atoms with Gasteiger partial charge in [0, 0.05) is 48.2 Å². The van der Waals surface area contributed by atoms with Crippen LogP contribution in [-0.4, -0.2) is 58.6 Å². The van der Waals surface area contributed by atoms with Crippen LogP contribution in [0.1, 0.15) is 36.6 Å². The van der Waals surface area contributed by atoms with Crippen molar-refractivity contribution in [3.8, 4) is 28.9 Å². The molecule has 5 rings (SSSR count). The second-order valence-corrected chi connectivity index (χ2v) is 9.49. The molecule has 0 spiro atoms. The average molecular weight is 485 g/mol. The van der Waals surface area contributed by atoms with Crippen molar-refractivity contribution in [2.45, 2.75) is 44.7 Å². The number of hydrogen-bond acceptors (Lipinski definition) is 7. The number of likely N-dealkylation sites (tertiary alicyclic amines) is 1. The molecule has 3 heterocycles. The molecule has 7 heteroatoms. The molecule has 1 saturated heterocycles. The van der Waals surface area contributed by atoms with Crippen molar-refractivity contribution in [2.24, 2.45) is 0 Å². The fraction of sp³-hybridized carbons (Fsp3) is 0.345. The maximum absolute atomic E-state index is 9.90. The van der Waals surface area contributed by atoms with Gasteiger partial charge in [-0.1, -0.05) is 17.0 Å². The third-order valence-electron chi connectivity index (χ3n) is 6.59. The van der Waals surface area contributed by atoms with Gasteiger partial charge in [-0.05, 0) is 75.3 Å². The van der Waals surface area contributed by atoms with E-state index in [-0.39, 0.29) is 6.17 Å². The molecule has 2 aromatic carbocycles. The van der Waals surface area contributed by atoms with E-state index < -0.39 is 6.10 Å². The van der Waals surface area contributed by atoms with E-state index in [1.807, 2.05) is 71.9 Å². The molecule has 0 aliphatic carbocycles. The molecule has 7 nitrogen and oxygen atoms in total. The van der Waals surface area contributed by atoms with Crippen molar-refractivity contribution in [3.63, 3.8) is 0 Å². The highest BCUT2D eigenvalue weighted by Gasteiger charge is 2.24. The normalized spacial score (nSPS) is 19.0. The van der Waals surface area contributed by atoms with Gasteiger partial charge in [-0.25, -0.2) is 0 Å². The number of ether oxygens (including phenoxy) is 1. The maximum Gasteiger partial charge on any atom is 0.167 e. The van der Waals surface area contributed by atoms with Crippen molar-refractivity contribution in [1.29, 1.82) is 0 Å². The van der Waals surface area contributed by atoms with Crippen molar-refractivity contribution < 1.29 is 14.4 Å². The van der Waals surface area contributed by atoms with Gasteiger partial charge in [-0.15, -0.1) is 0 Å². The quantitative estimate of drug-likeness (QED) is 0.516. The fourth-order valence-corrected chi connectivity index (χ4v) is 4.48. The predicted octanol–water partition coefficient (Wildman–Crippen LogP) is 3.80. The maximum atomic E-state index is 9.90. The van der Waals surface area contributed by atoms with E-state index in [1.165, 1.54) is 0 Å². The first-order valence-corrected chi connectivity index (χ1v) is 12.4. The second-order valence-electron chi connectivity index (χ2n) is 9.49. The van der Waals surface area contributed by atoms with Crippen LogP contribution in [0.2, 0.25) is 0 Å². The number of nitrogens with one attached hydrogen (secondary N) is 1. The summed E-state index contributed by atoms with van der Waals surface area (Å²) >= 11 is 0. The zero-order chi connectivity index (χ0) is 24.9. The summed E-state index contributed by atoms with van der Waals surface area (Å²) in [6.07, 6.45) is 5.51. The van der Waals surface area contributed by atoms with E-state index in [2.05, 4.69) is 34.3 Å². The third kappa shape index (κ3) is 5.91. The van der Waals surface area contributed by atoms with Gasteiger partial charge in [-0.3, -0.25) is 0 Å². The van der Waals surface area contributed by atoms with Crippen LogP contribution < -0.4 is 10.1 Å². The number of aliphatic hydroxyl groups excluding tert-OH is 1. The lowest BCUT2D eigenvalue weighted by Crippen LogP contribution is -2.43. The largest absolute Gasteiger partial charge is 0.490 e. The Bertz CT molecular complexity index is 1230. The number of rotatable bonds is 6. The average Bonchev–Trinajstić information content (AvgIpc) is 3.56. The fourth-order valence-electron chi connectivity index (χ4n) is 4.48. The predicted molar refractivity (Wildman–Crippen MR) is 139 cm³/mol. The summed E-state index contributed by atoms with van der Waals surface area (Å²) in [7, 11) is 2.16. The molecule has 186 valence electrons. The molecule has 2 aliphatic rings. The Morgan fingerprint density at radius 3 is 2.42 bits per heavy atom. The van der Waals surface area contributed by atoms with Crippen LogP contribution in [-0.2, 0) is 6.54 Å². The Morgan fingerprint density at radius 2 is 1.75 bits per heavy atom. The zero-order valence-corrected chi connectivity index (χ0v) is 20.7. The topological polar surface area (TPSA) is 74.0 Å². The minimum atomic E-state index is -0.504. The smallest absolute Gasteiger partial charge is 0.167 e. The number of benzene rings is 2. The molecule has 1 fully saturated rings. The lowest BCUT2D eigenvalue weighted by Gasteiger charge is -2.29. The molecule has 0 radical (unpaired) electrons. The molecule has 2 aliphatic heterocycles. The Morgan fingerprint density at radius 1 is 1.08 bits per heavy atom. The van der Waals surface area contributed by atoms with Gasteiger partial charge < -0.3 is 29.5 Å². The van der Waals surface area contributed by atoms with Gasteiger partial charge >= 0.3 is 0 Å². The molecular weight excluding hydrogens is 452 g/mol. The van der Waals surface area contributed by atoms with Crippen molar-refractivity contribution in [3.05, 3.63) is 83.8 Å². The van der Waals surface area contributed by atoms with Gasteiger partial charge in [-0.2, -0.15) is 0 Å². The molecule has 2 atom stereocenters. The molecule has 3 aromatic rings. The molecular formula is C29H32N4O3. The summed E-state index contributed by atoms with van der Waals surface area (Å²) < 4.78 is 11.7. The minimum absolute atomic E-state index is 0.161. The van der Waals surface area contributed by atoms with E-state index in [0.717, 1.165) is 54.1 Å². The number of piperidine rings is 1. The Hall–Kier alpha value is -3.73. The Labute approximate surface area is 212 Å². The van der Waals surface area contributed by atoms with Gasteiger partial charge in [0.25, 0.3) is 0 Å². The lowest BCUT2D eigenvalue weighted by atomic mass is 10.1. The summed E-state index contributed by atoms with van der Waals surface area (Å²) in [6.45, 7) is 4.48. The summed E-state index contributed by atoms with van der Waals surface area (Å²) in [4.78, 5) is 4.34. The van der Waals surface area contributed by atoms with Crippen molar-refractivity contribution >= 4 is 0 Å². The number of hydrogen-bond donors (Lipinski definition) is 2. The summed E-state index contributed by atoms with van der Waals surface area (Å²) in [5.41, 5.74) is 3.63. The summed E-state index contributed by atoms with van der Waals surface area (Å²) in [6, 6.07) is 17.9. The van der Waals surface area contributed by atoms with Gasteiger partial charge in [0.05, 0.1) is 12.6 Å². The molecule has 0 saturated carbocycles. The van der Waals surface area contributed by atoms with Gasteiger partial charge in [0.2, 0.25) is 0 Å². The third-order valence-corrected chi connectivity index (χ3v) is 6.59. The number of aromatic nitrogens is 1. The minimum Gasteiger partial charge on any atom is -0.490 e. The van der Waals surface area contributed by atoms with E-state index in [9.17, 15) is 5.11 Å². The first-order chi connectivity index (χ1) is 17.5. The molecule has 1 unspecified atom stereocenters. The first-order valence-electron chi connectivity index (χ1n) is 12.4. The molecule has 0 amide bonds. The monoisotopic (exact) mass is 484 g/mol. The highest BCUT2D eigenvalue weighted by atomic mass is 16.5. The zero-order valence-electron chi connectivity index (χ0n) is 20.7. The van der Waals surface area contributed by atoms with Gasteiger partial charge in [0.1, 0.15) is 23.7 Å². The molecule has 1 aromatic heterocycles. The van der Waals surface area contributed by atoms with Crippen LogP contribution in [0.5, 0.6) is 5.75 Å². The highest BCUT2D eigenvalue weighted by Crippen LogP contribution is 2.23. The number of aliphatic hydroxyl groups is 1. The van der Waals surface area contributed by atoms with Crippen LogP contribution in [0.3, 0.4) is 0 Å². The standard InChI is InChI=1S/C29H32N4O3/c1-21(34)29-30-15-18-33(29)20-25-19-28(36-31-25)24-9-5-22(6-10-24)3-4-23-7-11-26(12-8-23)35-27-13-16-32(2)17-14-27/h5-12,15,18-19,21,27,29-30,34H,13-14,16-17,20H2,1-2H3/t21-,29?/m0/s1. The van der Waals surface area contributed by atoms with Crippen molar-refractivity contribution in [2.75, 3.05) is 20.1 Å². The SMILES string of the molecule is C[C@H](O)C1NC=CN1Cc1cc(-c2ccc(C#Cc3ccc(OC4CCN(C)CC4)cc3)cc2)on1. The Balaban J connectivity index is 1.17. The second kappa shape index (κ2) is 10.9. The molecule has 2 N–H and O–H groups in total. The van der Waals surface area contributed by atoms with Crippen LogP contribution >= 0.6 is 0 Å². The van der Waals surface area contributed by atoms with Gasteiger partial charge in [0.15, 0.2) is 5.76 Å². The summed E-state index contributed by atoms with van der Waals surface area (Å²) in [5, 5.41) is 17.2. The van der Waals surface area contributed by atoms with Crippen molar-refractivity contribution in [1.82, 2.24) is 20.3 Å². The molecule has 0 bridgehead atoms. The van der Waals surface area contributed by atoms with Crippen LogP contribution in [0, 0.1) is 11.8 Å². The highest BCUT2D eigenvalue weighted by molar-refractivity contribution is 5.59. The summed E-state index contributed by atoms with van der Waals surface area (Å²) in [5.74, 6) is 8.06. The van der Waals surface area contributed by atoms with Crippen LogP contribution in [0.15, 0.2) is 71.5 Å². The number of nitrogens with zero attached hydrogens (tertiary/aromatic N) is 3.